The zero-order valence-electron chi connectivity index (χ0n) is 11.5. The van der Waals surface area contributed by atoms with E-state index in [1.165, 1.54) is 0 Å². The molecular formula is C16H19NO3. The van der Waals surface area contributed by atoms with Gasteiger partial charge in [-0.3, -0.25) is 4.79 Å². The monoisotopic (exact) mass is 273 g/mol. The minimum atomic E-state index is -0.743. The van der Waals surface area contributed by atoms with Crippen LogP contribution >= 0.6 is 0 Å². The van der Waals surface area contributed by atoms with Crippen LogP contribution < -0.4 is 10.1 Å². The minimum absolute atomic E-state index is 0.132. The molecule has 0 aromatic heterocycles. The van der Waals surface area contributed by atoms with Gasteiger partial charge in [0.15, 0.2) is 0 Å². The van der Waals surface area contributed by atoms with Gasteiger partial charge < -0.3 is 15.2 Å². The highest BCUT2D eigenvalue weighted by molar-refractivity contribution is 5.79. The lowest BCUT2D eigenvalue weighted by Gasteiger charge is -2.30. The Hall–Kier alpha value is -2.07. The fourth-order valence-electron chi connectivity index (χ4n) is 2.24. The van der Waals surface area contributed by atoms with Crippen molar-refractivity contribution in [3.05, 3.63) is 54.1 Å². The first-order valence-corrected chi connectivity index (χ1v) is 6.59. The van der Waals surface area contributed by atoms with Crippen LogP contribution in [0, 0.1) is 0 Å². The third-order valence-corrected chi connectivity index (χ3v) is 3.23. The zero-order chi connectivity index (χ0) is 14.5. The molecule has 4 nitrogen and oxygen atoms in total. The second-order valence-corrected chi connectivity index (χ2v) is 4.89. The van der Waals surface area contributed by atoms with Gasteiger partial charge in [0, 0.05) is 12.0 Å². The van der Waals surface area contributed by atoms with E-state index in [1.54, 1.807) is 18.2 Å². The van der Waals surface area contributed by atoms with E-state index in [9.17, 15) is 9.90 Å². The van der Waals surface area contributed by atoms with Gasteiger partial charge in [0.25, 0.3) is 0 Å². The van der Waals surface area contributed by atoms with Gasteiger partial charge in [0.1, 0.15) is 18.5 Å². The third kappa shape index (κ3) is 3.27. The molecule has 1 aliphatic rings. The summed E-state index contributed by atoms with van der Waals surface area (Å²) in [5.41, 5.74) is 1.63. The number of carbonyl (C=O) groups excluding carboxylic acids is 1. The van der Waals surface area contributed by atoms with E-state index in [0.29, 0.717) is 11.3 Å². The van der Waals surface area contributed by atoms with Crippen molar-refractivity contribution in [1.82, 2.24) is 5.32 Å². The maximum Gasteiger partial charge on any atom is 0.224 e. The third-order valence-electron chi connectivity index (χ3n) is 3.23. The molecule has 4 heteroatoms. The van der Waals surface area contributed by atoms with E-state index in [2.05, 4.69) is 11.9 Å². The zero-order valence-corrected chi connectivity index (χ0v) is 11.5. The van der Waals surface area contributed by atoms with E-state index in [-0.39, 0.29) is 18.9 Å². The van der Waals surface area contributed by atoms with Crippen LogP contribution in [0.25, 0.3) is 0 Å². The van der Waals surface area contributed by atoms with Crippen LogP contribution in [0.4, 0.5) is 0 Å². The van der Waals surface area contributed by atoms with Crippen molar-refractivity contribution in [2.24, 2.45) is 0 Å². The van der Waals surface area contributed by atoms with Crippen LogP contribution in [-0.4, -0.2) is 23.7 Å². The number of hydrogen-bond acceptors (Lipinski definition) is 3. The maximum atomic E-state index is 11.9. The number of nitrogens with one attached hydrogen (secondary N) is 1. The molecule has 0 fully saturated rings. The number of aliphatic hydroxyl groups excluding tert-OH is 1. The summed E-state index contributed by atoms with van der Waals surface area (Å²) >= 11 is 0. The number of amides is 1. The fraction of sp³-hybridized carbons (Fsp3) is 0.312. The van der Waals surface area contributed by atoms with Crippen molar-refractivity contribution in [1.29, 1.82) is 0 Å². The number of fused-ring (bicyclic) bond motifs is 1. The molecule has 106 valence electrons. The Morgan fingerprint density at radius 1 is 1.55 bits per heavy atom. The quantitative estimate of drug-likeness (QED) is 0.826. The molecule has 0 aliphatic carbocycles. The first-order valence-electron chi connectivity index (χ1n) is 6.59. The van der Waals surface area contributed by atoms with Crippen molar-refractivity contribution >= 4 is 5.91 Å². The summed E-state index contributed by atoms with van der Waals surface area (Å²) < 4.78 is 5.55. The molecule has 1 aliphatic heterocycles. The standard InChI is InChI=1S/C16H19NO3/c1-3-6-11(2)9-15(18)17-13-10-20-14-8-5-4-7-12(14)16(13)19/h3-8,13,16,19H,1,9-10H2,2H3,(H,17,18)/b11-6+. The number of benzene rings is 1. The molecule has 2 atom stereocenters. The molecular weight excluding hydrogens is 254 g/mol. The van der Waals surface area contributed by atoms with E-state index >= 15 is 0 Å². The van der Waals surface area contributed by atoms with Crippen LogP contribution in [0.2, 0.25) is 0 Å². The number of rotatable bonds is 4. The van der Waals surface area contributed by atoms with Gasteiger partial charge in [-0.1, -0.05) is 42.5 Å². The summed E-state index contributed by atoms with van der Waals surface area (Å²) in [5, 5.41) is 13.1. The smallest absolute Gasteiger partial charge is 0.224 e. The molecule has 0 saturated carbocycles. The molecule has 2 unspecified atom stereocenters. The highest BCUT2D eigenvalue weighted by atomic mass is 16.5. The lowest BCUT2D eigenvalue weighted by atomic mass is 9.99. The second kappa shape index (κ2) is 6.39. The SMILES string of the molecule is C=C/C=C(\C)CC(=O)NC1COc2ccccc2C1O. The van der Waals surface area contributed by atoms with Gasteiger partial charge in [-0.25, -0.2) is 0 Å². The Kier molecular flexibility index (Phi) is 4.58. The van der Waals surface area contributed by atoms with Crippen LogP contribution in [0.15, 0.2) is 48.6 Å². The first kappa shape index (κ1) is 14.3. The maximum absolute atomic E-state index is 11.9. The van der Waals surface area contributed by atoms with Gasteiger partial charge in [0.05, 0.1) is 6.04 Å². The molecule has 0 bridgehead atoms. The molecule has 1 aromatic rings. The molecule has 1 heterocycles. The van der Waals surface area contributed by atoms with Crippen molar-refractivity contribution in [3.8, 4) is 5.75 Å². The highest BCUT2D eigenvalue weighted by Crippen LogP contribution is 2.31. The normalized spacial score (nSPS) is 21.6. The molecule has 0 saturated heterocycles. The first-order chi connectivity index (χ1) is 9.61. The van der Waals surface area contributed by atoms with Gasteiger partial charge >= 0.3 is 0 Å². The Bertz CT molecular complexity index is 536. The van der Waals surface area contributed by atoms with Gasteiger partial charge in [-0.15, -0.1) is 0 Å². The number of ether oxygens (including phenoxy) is 1. The summed E-state index contributed by atoms with van der Waals surface area (Å²) in [6, 6.07) is 6.89. The van der Waals surface area contributed by atoms with Crippen LogP contribution in [-0.2, 0) is 4.79 Å². The van der Waals surface area contributed by atoms with E-state index in [4.69, 9.17) is 4.74 Å². The topological polar surface area (TPSA) is 58.6 Å². The van der Waals surface area contributed by atoms with Gasteiger partial charge in [0.2, 0.25) is 5.91 Å². The molecule has 0 radical (unpaired) electrons. The second-order valence-electron chi connectivity index (χ2n) is 4.89. The lowest BCUT2D eigenvalue weighted by molar-refractivity contribution is -0.122. The summed E-state index contributed by atoms with van der Waals surface area (Å²) in [7, 11) is 0. The molecule has 2 N–H and O–H groups in total. The average molecular weight is 273 g/mol. The van der Waals surface area contributed by atoms with Gasteiger partial charge in [-0.05, 0) is 13.0 Å². The molecule has 0 spiro atoms. The van der Waals surface area contributed by atoms with Crippen molar-refractivity contribution in [2.75, 3.05) is 6.61 Å². The van der Waals surface area contributed by atoms with Crippen molar-refractivity contribution < 1.29 is 14.6 Å². The predicted octanol–water partition coefficient (Wildman–Crippen LogP) is 2.12. The van der Waals surface area contributed by atoms with E-state index in [0.717, 1.165) is 5.57 Å². The summed E-state index contributed by atoms with van der Waals surface area (Å²) in [6.07, 6.45) is 2.99. The Morgan fingerprint density at radius 3 is 3.05 bits per heavy atom. The summed E-state index contributed by atoms with van der Waals surface area (Å²) in [4.78, 5) is 11.9. The molecule has 2 rings (SSSR count). The molecule has 20 heavy (non-hydrogen) atoms. The molecule has 1 aromatic carbocycles. The fourth-order valence-corrected chi connectivity index (χ4v) is 2.24. The number of allylic oxidation sites excluding steroid dienone is 2. The van der Waals surface area contributed by atoms with Crippen molar-refractivity contribution in [3.63, 3.8) is 0 Å². The van der Waals surface area contributed by atoms with Crippen LogP contribution in [0.5, 0.6) is 5.75 Å². The largest absolute Gasteiger partial charge is 0.491 e. The molecule has 1 amide bonds. The number of carbonyl (C=O) groups is 1. The van der Waals surface area contributed by atoms with Crippen LogP contribution in [0.3, 0.4) is 0 Å². The Balaban J connectivity index is 2.00. The number of para-hydroxylation sites is 1. The summed E-state index contributed by atoms with van der Waals surface area (Å²) in [6.45, 7) is 5.73. The van der Waals surface area contributed by atoms with E-state index < -0.39 is 12.1 Å². The number of hydrogen-bond donors (Lipinski definition) is 2. The van der Waals surface area contributed by atoms with Gasteiger partial charge in [-0.2, -0.15) is 0 Å². The Labute approximate surface area is 118 Å². The van der Waals surface area contributed by atoms with Crippen LogP contribution in [0.1, 0.15) is 25.0 Å². The van der Waals surface area contributed by atoms with Crippen molar-refractivity contribution in [2.45, 2.75) is 25.5 Å². The average Bonchev–Trinajstić information content (AvgIpc) is 2.42. The van der Waals surface area contributed by atoms with E-state index in [1.807, 2.05) is 25.1 Å². The highest BCUT2D eigenvalue weighted by Gasteiger charge is 2.30. The minimum Gasteiger partial charge on any atom is -0.491 e. The number of aliphatic hydroxyl groups is 1. The summed E-state index contributed by atoms with van der Waals surface area (Å²) in [5.74, 6) is 0.542. The lowest BCUT2D eigenvalue weighted by Crippen LogP contribution is -2.45. The predicted molar refractivity (Wildman–Crippen MR) is 77.4 cm³/mol. The Morgan fingerprint density at radius 2 is 2.30 bits per heavy atom.